The lowest BCUT2D eigenvalue weighted by molar-refractivity contribution is 0.0483. The molecule has 0 spiro atoms. The van der Waals surface area contributed by atoms with Crippen LogP contribution in [0.1, 0.15) is 60.3 Å². The van der Waals surface area contributed by atoms with Crippen molar-refractivity contribution < 1.29 is 23.8 Å². The highest BCUT2D eigenvalue weighted by atomic mass is 19.1. The zero-order valence-corrected chi connectivity index (χ0v) is 21.1. The number of nitrogens with zero attached hydrogens (tertiary/aromatic N) is 4. The number of anilines is 1. The van der Waals surface area contributed by atoms with Crippen molar-refractivity contribution in [3.63, 3.8) is 0 Å². The van der Waals surface area contributed by atoms with E-state index in [4.69, 9.17) is 4.98 Å². The summed E-state index contributed by atoms with van der Waals surface area (Å²) in [7, 11) is 0. The molecule has 1 aliphatic rings. The number of amides is 1. The summed E-state index contributed by atoms with van der Waals surface area (Å²) < 4.78 is 30.0. The lowest BCUT2D eigenvalue weighted by Crippen LogP contribution is -2.37. The molecule has 38 heavy (non-hydrogen) atoms. The quantitative estimate of drug-likeness (QED) is 0.330. The van der Waals surface area contributed by atoms with E-state index in [0.29, 0.717) is 35.6 Å². The summed E-state index contributed by atoms with van der Waals surface area (Å²) in [6.07, 6.45) is 3.68. The van der Waals surface area contributed by atoms with Crippen LogP contribution < -0.4 is 10.2 Å². The van der Waals surface area contributed by atoms with Crippen molar-refractivity contribution in [2.24, 2.45) is 5.41 Å². The highest BCUT2D eigenvalue weighted by molar-refractivity contribution is 5.96. The molecule has 1 amide bonds. The second-order valence-electron chi connectivity index (χ2n) is 10.3. The van der Waals surface area contributed by atoms with Crippen molar-refractivity contribution in [2.75, 3.05) is 18.0 Å². The lowest BCUT2D eigenvalue weighted by Gasteiger charge is -2.30. The van der Waals surface area contributed by atoms with Crippen molar-refractivity contribution in [3.8, 4) is 5.75 Å². The van der Waals surface area contributed by atoms with Gasteiger partial charge in [0.1, 0.15) is 23.2 Å². The van der Waals surface area contributed by atoms with Gasteiger partial charge in [0.05, 0.1) is 23.9 Å². The second kappa shape index (κ2) is 10.0. The summed E-state index contributed by atoms with van der Waals surface area (Å²) in [5.74, 6) is -0.954. The number of para-hydroxylation sites is 1. The number of aromatic nitrogens is 3. The average molecular weight is 522 g/mol. The van der Waals surface area contributed by atoms with Crippen LogP contribution in [0.3, 0.4) is 0 Å². The number of aromatic hydroxyl groups is 1. The van der Waals surface area contributed by atoms with Crippen LogP contribution in [0.2, 0.25) is 0 Å². The molecule has 3 heterocycles. The zero-order valence-electron chi connectivity index (χ0n) is 21.1. The van der Waals surface area contributed by atoms with E-state index in [9.17, 15) is 23.8 Å². The summed E-state index contributed by atoms with van der Waals surface area (Å²) in [6.45, 7) is 4.35. The molecule has 8 nitrogen and oxygen atoms in total. The predicted molar refractivity (Wildman–Crippen MR) is 138 cm³/mol. The van der Waals surface area contributed by atoms with Crippen molar-refractivity contribution in [1.29, 1.82) is 0 Å². The minimum Gasteiger partial charge on any atom is -0.507 e. The second-order valence-corrected chi connectivity index (χ2v) is 10.3. The van der Waals surface area contributed by atoms with E-state index >= 15 is 0 Å². The Kier molecular flexibility index (Phi) is 6.75. The number of rotatable bonds is 7. The van der Waals surface area contributed by atoms with E-state index in [1.165, 1.54) is 24.4 Å². The van der Waals surface area contributed by atoms with Crippen molar-refractivity contribution in [1.82, 2.24) is 19.9 Å². The smallest absolute Gasteiger partial charge is 0.255 e. The first-order valence-electron chi connectivity index (χ1n) is 12.5. The number of hydrogen-bond donors (Lipinski definition) is 3. The molecule has 5 rings (SSSR count). The van der Waals surface area contributed by atoms with Crippen LogP contribution in [-0.2, 0) is 0 Å². The monoisotopic (exact) mass is 521 g/mol. The average Bonchev–Trinajstić information content (AvgIpc) is 3.55. The molecular formula is C28H29F2N5O3. The third-order valence-corrected chi connectivity index (χ3v) is 7.13. The molecule has 4 aromatic rings. The Bertz CT molecular complexity index is 1490. The fraction of sp³-hybridized carbons (Fsp3) is 0.321. The van der Waals surface area contributed by atoms with Gasteiger partial charge in [0.2, 0.25) is 0 Å². The number of hydrogen-bond acceptors (Lipinski definition) is 6. The van der Waals surface area contributed by atoms with Gasteiger partial charge in [-0.2, -0.15) is 5.10 Å². The summed E-state index contributed by atoms with van der Waals surface area (Å²) >= 11 is 0. The predicted octanol–water partition coefficient (Wildman–Crippen LogP) is 4.54. The Morgan fingerprint density at radius 2 is 2.00 bits per heavy atom. The van der Waals surface area contributed by atoms with Crippen LogP contribution in [-0.4, -0.2) is 43.8 Å². The molecule has 198 valence electrons. The van der Waals surface area contributed by atoms with Gasteiger partial charge < -0.3 is 20.4 Å². The van der Waals surface area contributed by atoms with E-state index in [-0.39, 0.29) is 23.9 Å². The van der Waals surface area contributed by atoms with Crippen LogP contribution >= 0.6 is 0 Å². The molecule has 10 heteroatoms. The fourth-order valence-corrected chi connectivity index (χ4v) is 4.95. The maximum Gasteiger partial charge on any atom is 0.255 e. The Morgan fingerprint density at radius 1 is 1.21 bits per heavy atom. The first-order valence-corrected chi connectivity index (χ1v) is 12.5. The van der Waals surface area contributed by atoms with Gasteiger partial charge in [0.15, 0.2) is 5.65 Å². The standard InChI is InChI=1S/C28H29F2N5O3/c1-28(2,16-31-27(38)18-6-3-4-8-23(18)36)25(37)20-15-32-35-13-11-24(33-26(20)35)34-12-5-7-22(34)19-14-17(29)9-10-21(19)30/h3-4,6,8-11,13-15,22,25,36-37H,5,7,12,16H2,1-2H3,(H,31,38). The molecule has 2 aromatic carbocycles. The van der Waals surface area contributed by atoms with Crippen LogP contribution in [0.4, 0.5) is 14.6 Å². The molecule has 2 atom stereocenters. The molecule has 3 N–H and O–H groups in total. The minimum absolute atomic E-state index is 0.116. The highest BCUT2D eigenvalue weighted by Gasteiger charge is 2.34. The minimum atomic E-state index is -1.04. The molecule has 2 aromatic heterocycles. The maximum atomic E-state index is 14.6. The first kappa shape index (κ1) is 25.6. The number of aliphatic hydroxyl groups is 1. The SMILES string of the molecule is CC(C)(CNC(=O)c1ccccc1O)C(O)c1cnn2ccc(N3CCCC3c3cc(F)ccc3F)nc12. The molecule has 1 fully saturated rings. The number of carbonyl (C=O) groups excluding carboxylic acids is 1. The number of benzene rings is 2. The lowest BCUT2D eigenvalue weighted by atomic mass is 9.83. The number of fused-ring (bicyclic) bond motifs is 1. The van der Waals surface area contributed by atoms with E-state index in [1.54, 1.807) is 42.8 Å². The van der Waals surface area contributed by atoms with E-state index in [2.05, 4.69) is 10.4 Å². The van der Waals surface area contributed by atoms with E-state index in [0.717, 1.165) is 18.6 Å². The topological polar surface area (TPSA) is 103 Å². The summed E-state index contributed by atoms with van der Waals surface area (Å²) in [5, 5.41) is 28.4. The van der Waals surface area contributed by atoms with E-state index in [1.807, 2.05) is 4.90 Å². The third-order valence-electron chi connectivity index (χ3n) is 7.13. The molecule has 1 aliphatic heterocycles. The molecule has 0 aliphatic carbocycles. The number of halogens is 2. The van der Waals surface area contributed by atoms with Gasteiger partial charge in [-0.25, -0.2) is 18.3 Å². The number of phenols is 1. The fourth-order valence-electron chi connectivity index (χ4n) is 4.95. The van der Waals surface area contributed by atoms with Gasteiger partial charge in [-0.3, -0.25) is 4.79 Å². The molecule has 0 radical (unpaired) electrons. The summed E-state index contributed by atoms with van der Waals surface area (Å²) in [4.78, 5) is 19.3. The molecule has 1 saturated heterocycles. The van der Waals surface area contributed by atoms with Crippen LogP contribution in [0.25, 0.3) is 5.65 Å². The van der Waals surface area contributed by atoms with Crippen molar-refractivity contribution >= 4 is 17.4 Å². The van der Waals surface area contributed by atoms with Gasteiger partial charge >= 0.3 is 0 Å². The van der Waals surface area contributed by atoms with Crippen molar-refractivity contribution in [2.45, 2.75) is 38.8 Å². The summed E-state index contributed by atoms with van der Waals surface area (Å²) in [6, 6.07) is 11.1. The van der Waals surface area contributed by atoms with Crippen LogP contribution in [0.15, 0.2) is 60.9 Å². The van der Waals surface area contributed by atoms with Gasteiger partial charge in [0.25, 0.3) is 5.91 Å². The normalized spacial score (nSPS) is 16.7. The number of nitrogens with one attached hydrogen (secondary N) is 1. The summed E-state index contributed by atoms with van der Waals surface area (Å²) in [5.41, 5.74) is 0.526. The third kappa shape index (κ3) is 4.79. The van der Waals surface area contributed by atoms with Crippen LogP contribution in [0, 0.1) is 17.0 Å². The Hall–Kier alpha value is -4.05. The van der Waals surface area contributed by atoms with Gasteiger partial charge in [-0.05, 0) is 49.2 Å². The number of phenolic OH excluding ortho intramolecular Hbond substituents is 1. The Morgan fingerprint density at radius 3 is 2.79 bits per heavy atom. The van der Waals surface area contributed by atoms with Crippen LogP contribution in [0.5, 0.6) is 5.75 Å². The maximum absolute atomic E-state index is 14.6. The highest BCUT2D eigenvalue weighted by Crippen LogP contribution is 2.38. The molecule has 0 saturated carbocycles. The van der Waals surface area contributed by atoms with E-state index < -0.39 is 29.1 Å². The largest absolute Gasteiger partial charge is 0.507 e. The first-order chi connectivity index (χ1) is 18.2. The molecule has 0 bridgehead atoms. The van der Waals surface area contributed by atoms with Crippen molar-refractivity contribution in [3.05, 3.63) is 89.2 Å². The molecule has 2 unspecified atom stereocenters. The van der Waals surface area contributed by atoms with Gasteiger partial charge in [0, 0.05) is 35.8 Å². The Labute approximate surface area is 218 Å². The number of carbonyl (C=O) groups is 1. The van der Waals surface area contributed by atoms with Gasteiger partial charge in [-0.15, -0.1) is 0 Å². The zero-order chi connectivity index (χ0) is 27.0. The number of aliphatic hydroxyl groups excluding tert-OH is 1. The van der Waals surface area contributed by atoms with Gasteiger partial charge in [-0.1, -0.05) is 26.0 Å². The Balaban J connectivity index is 1.39. The molecular weight excluding hydrogens is 492 g/mol.